The van der Waals surface area contributed by atoms with Crippen molar-refractivity contribution in [3.63, 3.8) is 0 Å². The Balaban J connectivity index is 1.36. The average Bonchev–Trinajstić information content (AvgIpc) is 3.31. The minimum Gasteiger partial charge on any atom is -0.493 e. The molecule has 0 aliphatic carbocycles. The van der Waals surface area contributed by atoms with E-state index >= 15 is 0 Å². The molecule has 3 heterocycles. The molecule has 1 saturated heterocycles. The molecule has 3 aromatic rings. The van der Waals surface area contributed by atoms with Crippen LogP contribution in [0.4, 0.5) is 0 Å². The number of fused-ring (bicyclic) bond motifs is 5. The van der Waals surface area contributed by atoms with E-state index in [0.717, 1.165) is 81.4 Å². The standard InChI is InChI=1S/C33H45N5O6/c1-23-18-24-19-28-27(23)22-38(35-28)14-5-8-26(44-33(40)25-20-29(41-2)31(43-4)30(21-25)42-3)9-15-37-13-7-12-36(16-17-37)11-6-10-34-32(24)39/h18-22,26H,5-17H2,1-4H3,(H,34,39)/t26-/m0/s1. The first-order valence-electron chi connectivity index (χ1n) is 15.6. The van der Waals surface area contributed by atoms with E-state index in [-0.39, 0.29) is 12.0 Å². The van der Waals surface area contributed by atoms with Crippen LogP contribution in [0, 0.1) is 6.92 Å². The van der Waals surface area contributed by atoms with E-state index in [4.69, 9.17) is 24.0 Å². The molecule has 1 amide bonds. The number of nitrogens with zero attached hydrogens (tertiary/aromatic N) is 4. The van der Waals surface area contributed by atoms with Gasteiger partial charge in [0.1, 0.15) is 6.10 Å². The fraction of sp³-hybridized carbons (Fsp3) is 0.545. The maximum Gasteiger partial charge on any atom is 0.338 e. The molecular formula is C33H45N5O6. The van der Waals surface area contributed by atoms with Gasteiger partial charge in [-0.05, 0) is 88.5 Å². The zero-order valence-corrected chi connectivity index (χ0v) is 26.4. The molecule has 0 radical (unpaired) electrons. The highest BCUT2D eigenvalue weighted by Gasteiger charge is 2.23. The lowest BCUT2D eigenvalue weighted by atomic mass is 10.1. The summed E-state index contributed by atoms with van der Waals surface area (Å²) in [5.41, 5.74) is 2.82. The zero-order chi connectivity index (χ0) is 31.1. The molecule has 11 nitrogen and oxygen atoms in total. The Morgan fingerprint density at radius 2 is 1.55 bits per heavy atom. The Kier molecular flexibility index (Phi) is 10.6. The van der Waals surface area contributed by atoms with Crippen LogP contribution in [0.25, 0.3) is 10.9 Å². The minimum atomic E-state index is -0.419. The second-order valence-corrected chi connectivity index (χ2v) is 11.6. The molecule has 3 atom stereocenters. The number of rotatable bonds is 5. The summed E-state index contributed by atoms with van der Waals surface area (Å²) in [6.07, 6.45) is 5.97. The fourth-order valence-corrected chi connectivity index (χ4v) is 6.16. The molecular weight excluding hydrogens is 562 g/mol. The largest absolute Gasteiger partial charge is 0.493 e. The first-order valence-corrected chi connectivity index (χ1v) is 15.6. The average molecular weight is 608 g/mol. The smallest absolute Gasteiger partial charge is 0.338 e. The van der Waals surface area contributed by atoms with Gasteiger partial charge in [-0.15, -0.1) is 0 Å². The van der Waals surface area contributed by atoms with Crippen LogP contribution in [-0.4, -0.2) is 105 Å². The predicted octanol–water partition coefficient (Wildman–Crippen LogP) is 3.91. The van der Waals surface area contributed by atoms with Crippen molar-refractivity contribution in [2.24, 2.45) is 0 Å². The van der Waals surface area contributed by atoms with Crippen LogP contribution < -0.4 is 19.5 Å². The number of methoxy groups -OCH3 is 3. The molecule has 2 aliphatic heterocycles. The van der Waals surface area contributed by atoms with Gasteiger partial charge >= 0.3 is 5.97 Å². The number of aryl methyl sites for hydroxylation is 2. The Bertz CT molecular complexity index is 1430. The number of carbonyl (C=O) groups is 2. The van der Waals surface area contributed by atoms with Gasteiger partial charge in [0.05, 0.1) is 32.4 Å². The Morgan fingerprint density at radius 1 is 0.841 bits per heavy atom. The molecule has 5 bridgehead atoms. The molecule has 238 valence electrons. The van der Waals surface area contributed by atoms with Crippen molar-refractivity contribution in [2.75, 3.05) is 67.1 Å². The SMILES string of the molecule is COc1cc(C(=O)O[C@H]2CCCn3cc4c(C)cc(cc4n3)C(=O)NCCCN3CCCN(CC2)CC3)cc(OC)c1OC. The maximum atomic E-state index is 13.4. The predicted molar refractivity (Wildman–Crippen MR) is 168 cm³/mol. The number of esters is 1. The van der Waals surface area contributed by atoms with Crippen LogP contribution in [0.5, 0.6) is 17.2 Å². The number of carbonyl (C=O) groups excluding carboxylic acids is 2. The Labute approximate surface area is 259 Å². The van der Waals surface area contributed by atoms with Gasteiger partial charge in [-0.2, -0.15) is 5.10 Å². The van der Waals surface area contributed by atoms with Crippen molar-refractivity contribution in [2.45, 2.75) is 51.7 Å². The van der Waals surface area contributed by atoms with Gasteiger partial charge in [0.25, 0.3) is 5.91 Å². The van der Waals surface area contributed by atoms with E-state index in [1.807, 2.05) is 29.9 Å². The van der Waals surface area contributed by atoms with E-state index in [9.17, 15) is 9.59 Å². The van der Waals surface area contributed by atoms with Crippen LogP contribution in [0.1, 0.15) is 58.4 Å². The summed E-state index contributed by atoms with van der Waals surface area (Å²) in [5, 5.41) is 8.90. The summed E-state index contributed by atoms with van der Waals surface area (Å²) < 4.78 is 24.4. The van der Waals surface area contributed by atoms with E-state index in [0.29, 0.717) is 47.9 Å². The lowest BCUT2D eigenvalue weighted by Gasteiger charge is -2.25. The summed E-state index contributed by atoms with van der Waals surface area (Å²) in [6.45, 7) is 9.14. The molecule has 44 heavy (non-hydrogen) atoms. The van der Waals surface area contributed by atoms with E-state index in [1.165, 1.54) is 21.3 Å². The van der Waals surface area contributed by atoms with Crippen molar-refractivity contribution in [3.8, 4) is 17.2 Å². The Hall–Kier alpha value is -3.83. The molecule has 0 saturated carbocycles. The number of hydrogen-bond donors (Lipinski definition) is 1. The van der Waals surface area contributed by atoms with Crippen molar-refractivity contribution in [1.29, 1.82) is 0 Å². The third-order valence-corrected chi connectivity index (χ3v) is 8.61. The molecule has 2 aromatic carbocycles. The van der Waals surface area contributed by atoms with Crippen LogP contribution in [0.15, 0.2) is 30.5 Å². The summed E-state index contributed by atoms with van der Waals surface area (Å²) in [6, 6.07) is 7.07. The number of amides is 1. The van der Waals surface area contributed by atoms with Crippen molar-refractivity contribution >= 4 is 22.8 Å². The molecule has 0 spiro atoms. The highest BCUT2D eigenvalue weighted by Crippen LogP contribution is 2.38. The van der Waals surface area contributed by atoms with Crippen LogP contribution >= 0.6 is 0 Å². The normalized spacial score (nSPS) is 21.9. The molecule has 1 N–H and O–H groups in total. The monoisotopic (exact) mass is 607 g/mol. The molecule has 2 aliphatic rings. The van der Waals surface area contributed by atoms with Gasteiger partial charge in [0.2, 0.25) is 5.75 Å². The summed E-state index contributed by atoms with van der Waals surface area (Å²) in [5.74, 6) is 0.769. The maximum absolute atomic E-state index is 13.4. The lowest BCUT2D eigenvalue weighted by Crippen LogP contribution is -2.34. The van der Waals surface area contributed by atoms with E-state index in [1.54, 1.807) is 12.1 Å². The second kappa shape index (κ2) is 14.8. The van der Waals surface area contributed by atoms with Gasteiger partial charge < -0.3 is 34.1 Å². The Morgan fingerprint density at radius 3 is 2.25 bits per heavy atom. The van der Waals surface area contributed by atoms with Crippen LogP contribution in [0.2, 0.25) is 0 Å². The van der Waals surface area contributed by atoms with Gasteiger partial charge in [0, 0.05) is 49.9 Å². The highest BCUT2D eigenvalue weighted by atomic mass is 16.5. The molecule has 5 rings (SSSR count). The van der Waals surface area contributed by atoms with Gasteiger partial charge in [-0.1, -0.05) is 0 Å². The first kappa shape index (κ1) is 31.6. The van der Waals surface area contributed by atoms with Gasteiger partial charge in [-0.25, -0.2) is 4.79 Å². The van der Waals surface area contributed by atoms with Crippen LogP contribution in [-0.2, 0) is 11.3 Å². The summed E-state index contributed by atoms with van der Waals surface area (Å²) >= 11 is 0. The van der Waals surface area contributed by atoms with Crippen molar-refractivity contribution < 1.29 is 28.5 Å². The first-order chi connectivity index (χ1) is 21.4. The quantitative estimate of drug-likeness (QED) is 0.432. The van der Waals surface area contributed by atoms with Gasteiger partial charge in [-0.3, -0.25) is 9.48 Å². The number of aromatic nitrogens is 2. The second-order valence-electron chi connectivity index (χ2n) is 11.6. The molecule has 11 heteroatoms. The summed E-state index contributed by atoms with van der Waals surface area (Å²) in [4.78, 5) is 31.3. The van der Waals surface area contributed by atoms with Crippen LogP contribution in [0.3, 0.4) is 0 Å². The number of hydrogen-bond acceptors (Lipinski definition) is 9. The molecule has 2 unspecified atom stereocenters. The topological polar surface area (TPSA) is 107 Å². The fourth-order valence-electron chi connectivity index (χ4n) is 6.16. The third kappa shape index (κ3) is 7.62. The van der Waals surface area contributed by atoms with Gasteiger partial charge in [0.15, 0.2) is 11.5 Å². The third-order valence-electron chi connectivity index (χ3n) is 8.61. The minimum absolute atomic E-state index is 0.0576. The number of benzene rings is 2. The van der Waals surface area contributed by atoms with E-state index < -0.39 is 5.97 Å². The molecule has 1 fully saturated rings. The summed E-state index contributed by atoms with van der Waals surface area (Å²) in [7, 11) is 4.59. The molecule has 1 aromatic heterocycles. The number of ether oxygens (including phenoxy) is 4. The number of nitrogens with one attached hydrogen (secondary N) is 1. The van der Waals surface area contributed by atoms with E-state index in [2.05, 4.69) is 15.1 Å². The zero-order valence-electron chi connectivity index (χ0n) is 26.4. The lowest BCUT2D eigenvalue weighted by molar-refractivity contribution is 0.0227. The van der Waals surface area contributed by atoms with Crippen molar-refractivity contribution in [3.05, 3.63) is 47.2 Å². The van der Waals surface area contributed by atoms with Crippen molar-refractivity contribution in [1.82, 2.24) is 24.9 Å². The highest BCUT2D eigenvalue weighted by molar-refractivity contribution is 5.98.